The fourth-order valence-corrected chi connectivity index (χ4v) is 2.17. The van der Waals surface area contributed by atoms with Gasteiger partial charge in [-0.3, -0.25) is 9.59 Å². The van der Waals surface area contributed by atoms with E-state index in [1.807, 2.05) is 0 Å². The fraction of sp³-hybridized carbons (Fsp3) is 0.250. The second-order valence-electron chi connectivity index (χ2n) is 4.01. The lowest BCUT2D eigenvalue weighted by Gasteiger charge is -2.14. The number of hydrogen-bond acceptors (Lipinski definition) is 4. The number of amides is 2. The number of nitrogens with two attached hydrogens (primary N) is 1. The van der Waals surface area contributed by atoms with E-state index in [1.165, 1.54) is 19.2 Å². The lowest BCUT2D eigenvalue weighted by molar-refractivity contribution is -0.140. The SMILES string of the molecule is COc1c(Cl)cc(C(=O)NC(CC(N)=O)C(=O)O)cc1Cl. The van der Waals surface area contributed by atoms with E-state index in [0.717, 1.165) is 0 Å². The van der Waals surface area contributed by atoms with Gasteiger partial charge >= 0.3 is 5.97 Å². The van der Waals surface area contributed by atoms with E-state index >= 15 is 0 Å². The number of methoxy groups -OCH3 is 1. The molecule has 2 amide bonds. The molecule has 0 heterocycles. The van der Waals surface area contributed by atoms with Crippen LogP contribution < -0.4 is 15.8 Å². The van der Waals surface area contributed by atoms with Crippen molar-refractivity contribution >= 4 is 41.0 Å². The highest BCUT2D eigenvalue weighted by atomic mass is 35.5. The van der Waals surface area contributed by atoms with E-state index in [-0.39, 0.29) is 21.4 Å². The Bertz CT molecular complexity index is 568. The van der Waals surface area contributed by atoms with Gasteiger partial charge in [0.15, 0.2) is 5.75 Å². The number of nitrogens with one attached hydrogen (secondary N) is 1. The predicted octanol–water partition coefficient (Wildman–Crippen LogP) is 1.06. The first-order valence-electron chi connectivity index (χ1n) is 5.61. The second-order valence-corrected chi connectivity index (χ2v) is 4.82. The van der Waals surface area contributed by atoms with E-state index in [0.29, 0.717) is 0 Å². The summed E-state index contributed by atoms with van der Waals surface area (Å²) in [4.78, 5) is 33.7. The maximum absolute atomic E-state index is 12.0. The second kappa shape index (κ2) is 7.14. The first-order chi connectivity index (χ1) is 9.76. The number of hydrogen-bond donors (Lipinski definition) is 3. The first-order valence-corrected chi connectivity index (χ1v) is 6.36. The van der Waals surface area contributed by atoms with Crippen LogP contribution in [0.25, 0.3) is 0 Å². The van der Waals surface area contributed by atoms with Crippen LogP contribution in [0.3, 0.4) is 0 Å². The number of carboxylic acids is 1. The van der Waals surface area contributed by atoms with E-state index < -0.39 is 30.2 Å². The molecule has 1 atom stereocenters. The quantitative estimate of drug-likeness (QED) is 0.718. The lowest BCUT2D eigenvalue weighted by atomic mass is 10.1. The van der Waals surface area contributed by atoms with Crippen LogP contribution in [0, 0.1) is 0 Å². The summed E-state index contributed by atoms with van der Waals surface area (Å²) in [6.07, 6.45) is -0.529. The van der Waals surface area contributed by atoms with Crippen LogP contribution in [-0.4, -0.2) is 36.0 Å². The van der Waals surface area contributed by atoms with E-state index in [2.05, 4.69) is 5.32 Å². The number of primary amides is 1. The summed E-state index contributed by atoms with van der Waals surface area (Å²) in [6, 6.07) is 1.10. The summed E-state index contributed by atoms with van der Waals surface area (Å²) < 4.78 is 4.93. The molecule has 9 heteroatoms. The topological polar surface area (TPSA) is 119 Å². The third kappa shape index (κ3) is 4.51. The molecule has 0 radical (unpaired) electrons. The predicted molar refractivity (Wildman–Crippen MR) is 75.7 cm³/mol. The number of benzene rings is 1. The van der Waals surface area contributed by atoms with Gasteiger partial charge in [-0.15, -0.1) is 0 Å². The Labute approximate surface area is 130 Å². The summed E-state index contributed by atoms with van der Waals surface area (Å²) in [5.74, 6) is -2.79. The van der Waals surface area contributed by atoms with E-state index in [4.69, 9.17) is 38.8 Å². The van der Waals surface area contributed by atoms with Crippen molar-refractivity contribution < 1.29 is 24.2 Å². The lowest BCUT2D eigenvalue weighted by Crippen LogP contribution is -2.43. The fourth-order valence-electron chi connectivity index (χ4n) is 1.53. The van der Waals surface area contributed by atoms with Crippen molar-refractivity contribution in [2.45, 2.75) is 12.5 Å². The molecule has 0 aliphatic carbocycles. The maximum Gasteiger partial charge on any atom is 0.326 e. The minimum Gasteiger partial charge on any atom is -0.494 e. The van der Waals surface area contributed by atoms with Crippen molar-refractivity contribution in [2.75, 3.05) is 7.11 Å². The summed E-state index contributed by atoms with van der Waals surface area (Å²) >= 11 is 11.8. The standard InChI is InChI=1S/C12H12Cl2N2O5/c1-21-10-6(13)2-5(3-7(10)14)11(18)16-8(12(19)20)4-9(15)17/h2-3,8H,4H2,1H3,(H2,15,17)(H,16,18)(H,19,20). The van der Waals surface area contributed by atoms with Gasteiger partial charge in [-0.05, 0) is 12.1 Å². The van der Waals surface area contributed by atoms with Crippen molar-refractivity contribution in [1.29, 1.82) is 0 Å². The molecule has 0 aliphatic heterocycles. The molecule has 1 aromatic carbocycles. The van der Waals surface area contributed by atoms with Crippen LogP contribution in [0.5, 0.6) is 5.75 Å². The summed E-state index contributed by atoms with van der Waals surface area (Å²) in [5.41, 5.74) is 4.95. The van der Waals surface area contributed by atoms with Crippen LogP contribution in [0.2, 0.25) is 10.0 Å². The zero-order valence-electron chi connectivity index (χ0n) is 10.9. The normalized spacial score (nSPS) is 11.6. The molecule has 1 aromatic rings. The van der Waals surface area contributed by atoms with Gasteiger partial charge in [0.1, 0.15) is 6.04 Å². The number of carbonyl (C=O) groups is 3. The molecule has 0 aromatic heterocycles. The van der Waals surface area contributed by atoms with E-state index in [1.54, 1.807) is 0 Å². The van der Waals surface area contributed by atoms with Gasteiger partial charge in [-0.1, -0.05) is 23.2 Å². The molecule has 0 fully saturated rings. The Morgan fingerprint density at radius 2 is 1.86 bits per heavy atom. The van der Waals surface area contributed by atoms with Gasteiger partial charge < -0.3 is 20.9 Å². The molecule has 0 saturated heterocycles. The molecular weight excluding hydrogens is 323 g/mol. The number of halogens is 2. The number of aliphatic carboxylic acids is 1. The molecule has 0 bridgehead atoms. The van der Waals surface area contributed by atoms with E-state index in [9.17, 15) is 14.4 Å². The van der Waals surface area contributed by atoms with Crippen LogP contribution in [0.15, 0.2) is 12.1 Å². The highest BCUT2D eigenvalue weighted by molar-refractivity contribution is 6.37. The molecule has 7 nitrogen and oxygen atoms in total. The summed E-state index contributed by atoms with van der Waals surface area (Å²) in [5, 5.41) is 11.3. The molecule has 1 unspecified atom stereocenters. The largest absolute Gasteiger partial charge is 0.494 e. The van der Waals surface area contributed by atoms with Crippen LogP contribution in [0.1, 0.15) is 16.8 Å². The summed E-state index contributed by atoms with van der Waals surface area (Å²) in [6.45, 7) is 0. The van der Waals surface area contributed by atoms with Gasteiger partial charge in [0.05, 0.1) is 23.6 Å². The molecule has 1 rings (SSSR count). The monoisotopic (exact) mass is 334 g/mol. The number of carboxylic acid groups (broad SMARTS) is 1. The maximum atomic E-state index is 12.0. The van der Waals surface area contributed by atoms with Crippen molar-refractivity contribution in [1.82, 2.24) is 5.32 Å². The number of rotatable bonds is 6. The Balaban J connectivity index is 2.98. The summed E-state index contributed by atoms with van der Waals surface area (Å²) in [7, 11) is 1.36. The third-order valence-corrected chi connectivity index (χ3v) is 3.03. The highest BCUT2D eigenvalue weighted by Gasteiger charge is 2.23. The Morgan fingerprint density at radius 1 is 1.33 bits per heavy atom. The Morgan fingerprint density at radius 3 is 2.24 bits per heavy atom. The van der Waals surface area contributed by atoms with Crippen molar-refractivity contribution in [3.05, 3.63) is 27.7 Å². The molecule has 0 saturated carbocycles. The molecule has 4 N–H and O–H groups in total. The molecule has 0 spiro atoms. The van der Waals surface area contributed by atoms with Gasteiger partial charge in [0.2, 0.25) is 5.91 Å². The minimum absolute atomic E-state index is 0.0292. The van der Waals surface area contributed by atoms with Crippen molar-refractivity contribution in [2.24, 2.45) is 5.73 Å². The highest BCUT2D eigenvalue weighted by Crippen LogP contribution is 2.33. The van der Waals surface area contributed by atoms with Crippen molar-refractivity contribution in [3.63, 3.8) is 0 Å². The van der Waals surface area contributed by atoms with Crippen LogP contribution >= 0.6 is 23.2 Å². The number of ether oxygens (including phenoxy) is 1. The van der Waals surface area contributed by atoms with Crippen LogP contribution in [-0.2, 0) is 9.59 Å². The molecule has 21 heavy (non-hydrogen) atoms. The molecule has 0 aliphatic rings. The number of carbonyl (C=O) groups excluding carboxylic acids is 2. The van der Waals surface area contributed by atoms with Crippen molar-refractivity contribution in [3.8, 4) is 5.75 Å². The van der Waals surface area contributed by atoms with Crippen LogP contribution in [0.4, 0.5) is 0 Å². The first kappa shape index (κ1) is 17.1. The third-order valence-electron chi connectivity index (χ3n) is 2.47. The average Bonchev–Trinajstić information content (AvgIpc) is 2.36. The average molecular weight is 335 g/mol. The Kier molecular flexibility index (Phi) is 5.80. The van der Waals surface area contributed by atoms with Gasteiger partial charge in [0.25, 0.3) is 5.91 Å². The molecular formula is C12H12Cl2N2O5. The van der Waals surface area contributed by atoms with Gasteiger partial charge in [-0.25, -0.2) is 4.79 Å². The Hall–Kier alpha value is -1.99. The zero-order valence-corrected chi connectivity index (χ0v) is 12.4. The zero-order chi connectivity index (χ0) is 16.2. The van der Waals surface area contributed by atoms with Gasteiger partial charge in [0, 0.05) is 5.56 Å². The van der Waals surface area contributed by atoms with Gasteiger partial charge in [-0.2, -0.15) is 0 Å². The minimum atomic E-state index is -1.44. The smallest absolute Gasteiger partial charge is 0.326 e. The molecule has 114 valence electrons.